The maximum Gasteiger partial charge on any atom is 0.142 e. The van der Waals surface area contributed by atoms with Gasteiger partial charge in [0.2, 0.25) is 0 Å². The lowest BCUT2D eigenvalue weighted by Gasteiger charge is -2.09. The van der Waals surface area contributed by atoms with E-state index in [4.69, 9.17) is 5.73 Å². The first kappa shape index (κ1) is 14.1. The number of nitrogens with zero attached hydrogens (tertiary/aromatic N) is 2. The van der Waals surface area contributed by atoms with Crippen molar-refractivity contribution >= 4 is 16.7 Å². The maximum atomic E-state index is 9.56. The highest BCUT2D eigenvalue weighted by molar-refractivity contribution is 5.98. The Balaban J connectivity index is 2.02. The van der Waals surface area contributed by atoms with Gasteiger partial charge in [-0.05, 0) is 37.3 Å². The number of nitriles is 1. The molecule has 0 bridgehead atoms. The van der Waals surface area contributed by atoms with Gasteiger partial charge in [-0.2, -0.15) is 5.26 Å². The van der Waals surface area contributed by atoms with Gasteiger partial charge in [0.05, 0.1) is 11.4 Å². The molecule has 4 rings (SSSR count). The molecule has 0 atom stereocenters. The van der Waals surface area contributed by atoms with E-state index in [0.717, 1.165) is 33.3 Å². The number of benzene rings is 1. The van der Waals surface area contributed by atoms with Crippen LogP contribution in [0.3, 0.4) is 0 Å². The largest absolute Gasteiger partial charge is 0.383 e. The smallest absolute Gasteiger partial charge is 0.142 e. The van der Waals surface area contributed by atoms with Gasteiger partial charge in [-0.3, -0.25) is 0 Å². The van der Waals surface area contributed by atoms with Crippen molar-refractivity contribution in [2.45, 2.75) is 6.92 Å². The summed E-state index contributed by atoms with van der Waals surface area (Å²) in [6, 6.07) is 14.1. The summed E-state index contributed by atoms with van der Waals surface area (Å²) in [5.74, 6) is 0.238. The molecule has 0 saturated heterocycles. The first-order chi connectivity index (χ1) is 11.7. The van der Waals surface area contributed by atoms with E-state index in [-0.39, 0.29) is 5.82 Å². The first-order valence-corrected chi connectivity index (χ1v) is 7.60. The Kier molecular flexibility index (Phi) is 3.10. The molecule has 4 aromatic rings. The fraction of sp³-hybridized carbons (Fsp3) is 0.0526. The lowest BCUT2D eigenvalue weighted by molar-refractivity contribution is 1.27. The van der Waals surface area contributed by atoms with Gasteiger partial charge in [-0.1, -0.05) is 11.6 Å². The number of hydrogen-bond acceptors (Lipinski definition) is 3. The number of nitrogens with two attached hydrogens (primary N) is 1. The van der Waals surface area contributed by atoms with Gasteiger partial charge in [0.25, 0.3) is 0 Å². The summed E-state index contributed by atoms with van der Waals surface area (Å²) in [5.41, 5.74) is 12.0. The Morgan fingerprint density at radius 1 is 1.12 bits per heavy atom. The number of aromatic nitrogens is 3. The van der Waals surface area contributed by atoms with Gasteiger partial charge in [-0.25, -0.2) is 4.98 Å². The van der Waals surface area contributed by atoms with Crippen LogP contribution in [0.5, 0.6) is 0 Å². The van der Waals surface area contributed by atoms with Crippen LogP contribution in [0.1, 0.15) is 11.1 Å². The zero-order chi connectivity index (χ0) is 16.7. The third-order valence-corrected chi connectivity index (χ3v) is 4.16. The van der Waals surface area contributed by atoms with E-state index in [0.29, 0.717) is 11.3 Å². The topological polar surface area (TPSA) is 94.3 Å². The standard InChI is InChI=1S/C19H15N5/c1-11-4-5-16-13(7-11)15(10-23-16)12-8-18(17-3-2-6-22-17)24-19(21)14(12)9-20/h2-8,10,22-23H,1H3,(H2,21,24). The number of hydrogen-bond donors (Lipinski definition) is 3. The molecule has 1 aromatic carbocycles. The Labute approximate surface area is 138 Å². The highest BCUT2D eigenvalue weighted by Gasteiger charge is 2.16. The molecule has 4 N–H and O–H groups in total. The molecule has 0 saturated carbocycles. The molecule has 5 nitrogen and oxygen atoms in total. The van der Waals surface area contributed by atoms with Crippen molar-refractivity contribution in [3.05, 3.63) is 59.9 Å². The quantitative estimate of drug-likeness (QED) is 0.522. The van der Waals surface area contributed by atoms with Crippen LogP contribution in [0, 0.1) is 18.3 Å². The van der Waals surface area contributed by atoms with Crippen molar-refractivity contribution in [1.82, 2.24) is 15.0 Å². The van der Waals surface area contributed by atoms with Gasteiger partial charge in [0.1, 0.15) is 17.5 Å². The fourth-order valence-electron chi connectivity index (χ4n) is 2.98. The number of anilines is 1. The summed E-state index contributed by atoms with van der Waals surface area (Å²) >= 11 is 0. The van der Waals surface area contributed by atoms with E-state index >= 15 is 0 Å². The molecular formula is C19H15N5. The highest BCUT2D eigenvalue weighted by atomic mass is 14.9. The highest BCUT2D eigenvalue weighted by Crippen LogP contribution is 2.35. The van der Waals surface area contributed by atoms with Crippen molar-refractivity contribution in [1.29, 1.82) is 5.26 Å². The zero-order valence-electron chi connectivity index (χ0n) is 13.1. The van der Waals surface area contributed by atoms with Crippen LogP contribution in [0.25, 0.3) is 33.4 Å². The van der Waals surface area contributed by atoms with Gasteiger partial charge < -0.3 is 15.7 Å². The molecule has 0 aliphatic heterocycles. The van der Waals surface area contributed by atoms with Crippen molar-refractivity contribution in [3.63, 3.8) is 0 Å². The predicted octanol–water partition coefficient (Wildman–Crippen LogP) is 3.99. The molecule has 5 heteroatoms. The molecule has 116 valence electrons. The lowest BCUT2D eigenvalue weighted by Crippen LogP contribution is -1.99. The summed E-state index contributed by atoms with van der Waals surface area (Å²) in [6.45, 7) is 2.05. The average molecular weight is 313 g/mol. The van der Waals surface area contributed by atoms with Gasteiger partial charge in [-0.15, -0.1) is 0 Å². The van der Waals surface area contributed by atoms with Crippen LogP contribution in [0.4, 0.5) is 5.82 Å². The van der Waals surface area contributed by atoms with Gasteiger partial charge in [0, 0.05) is 34.4 Å². The normalized spacial score (nSPS) is 10.8. The van der Waals surface area contributed by atoms with E-state index in [2.05, 4.69) is 33.2 Å². The number of rotatable bonds is 2. The molecule has 0 spiro atoms. The minimum absolute atomic E-state index is 0.238. The molecule has 0 amide bonds. The Morgan fingerprint density at radius 3 is 2.75 bits per heavy atom. The summed E-state index contributed by atoms with van der Waals surface area (Å²) in [4.78, 5) is 10.8. The van der Waals surface area contributed by atoms with E-state index < -0.39 is 0 Å². The Bertz CT molecular complexity index is 1080. The molecule has 24 heavy (non-hydrogen) atoms. The molecule has 0 unspecified atom stereocenters. The third-order valence-electron chi connectivity index (χ3n) is 4.16. The van der Waals surface area contributed by atoms with Crippen LogP contribution < -0.4 is 5.73 Å². The number of fused-ring (bicyclic) bond motifs is 1. The van der Waals surface area contributed by atoms with Gasteiger partial charge >= 0.3 is 0 Å². The van der Waals surface area contributed by atoms with Crippen molar-refractivity contribution < 1.29 is 0 Å². The number of aromatic amines is 2. The predicted molar refractivity (Wildman–Crippen MR) is 95.2 cm³/mol. The van der Waals surface area contributed by atoms with Crippen molar-refractivity contribution in [2.75, 3.05) is 5.73 Å². The molecule has 0 aliphatic carbocycles. The van der Waals surface area contributed by atoms with Crippen LogP contribution in [0.2, 0.25) is 0 Å². The molecule has 0 radical (unpaired) electrons. The van der Waals surface area contributed by atoms with Crippen molar-refractivity contribution in [3.8, 4) is 28.6 Å². The second-order valence-corrected chi connectivity index (χ2v) is 5.76. The molecule has 0 aliphatic rings. The average Bonchev–Trinajstić information content (AvgIpc) is 3.23. The number of pyridine rings is 1. The summed E-state index contributed by atoms with van der Waals surface area (Å²) < 4.78 is 0. The minimum atomic E-state index is 0.238. The molecular weight excluding hydrogens is 298 g/mol. The Morgan fingerprint density at radius 2 is 2.00 bits per heavy atom. The van der Waals surface area contributed by atoms with Gasteiger partial charge in [0.15, 0.2) is 0 Å². The zero-order valence-corrected chi connectivity index (χ0v) is 13.1. The fourth-order valence-corrected chi connectivity index (χ4v) is 2.98. The number of H-pyrrole nitrogens is 2. The molecule has 0 fully saturated rings. The van der Waals surface area contributed by atoms with Crippen LogP contribution in [-0.2, 0) is 0 Å². The number of aryl methyl sites for hydroxylation is 1. The minimum Gasteiger partial charge on any atom is -0.383 e. The molecule has 3 heterocycles. The Hall–Kier alpha value is -3.52. The van der Waals surface area contributed by atoms with Crippen molar-refractivity contribution in [2.24, 2.45) is 0 Å². The van der Waals surface area contributed by atoms with E-state index in [1.165, 1.54) is 0 Å². The SMILES string of the molecule is Cc1ccc2[nH]cc(-c3cc(-c4ccc[nH]4)nc(N)c3C#N)c2c1. The van der Waals surface area contributed by atoms with E-state index in [1.807, 2.05) is 43.6 Å². The second-order valence-electron chi connectivity index (χ2n) is 5.76. The van der Waals surface area contributed by atoms with Crippen LogP contribution in [-0.4, -0.2) is 15.0 Å². The number of nitrogens with one attached hydrogen (secondary N) is 2. The lowest BCUT2D eigenvalue weighted by atomic mass is 9.98. The summed E-state index contributed by atoms with van der Waals surface area (Å²) in [7, 11) is 0. The number of nitrogen functional groups attached to an aromatic ring is 1. The monoisotopic (exact) mass is 313 g/mol. The third kappa shape index (κ3) is 2.13. The summed E-state index contributed by atoms with van der Waals surface area (Å²) in [6.07, 6.45) is 3.75. The van der Waals surface area contributed by atoms with E-state index in [9.17, 15) is 5.26 Å². The maximum absolute atomic E-state index is 9.56. The van der Waals surface area contributed by atoms with Crippen LogP contribution in [0.15, 0.2) is 48.8 Å². The summed E-state index contributed by atoms with van der Waals surface area (Å²) in [5, 5.41) is 10.6. The van der Waals surface area contributed by atoms with E-state index in [1.54, 1.807) is 0 Å². The first-order valence-electron chi connectivity index (χ1n) is 7.60. The van der Waals surface area contributed by atoms with Crippen LogP contribution >= 0.6 is 0 Å². The second kappa shape index (κ2) is 5.28. The molecule has 3 aromatic heterocycles.